The highest BCUT2D eigenvalue weighted by molar-refractivity contribution is 7.18. The van der Waals surface area contributed by atoms with Crippen molar-refractivity contribution in [3.05, 3.63) is 95.6 Å². The van der Waals surface area contributed by atoms with E-state index in [1.54, 1.807) is 41.7 Å². The minimum atomic E-state index is -2.65. The van der Waals surface area contributed by atoms with Crippen molar-refractivity contribution in [1.29, 1.82) is 0 Å². The molecule has 0 radical (unpaired) electrons. The van der Waals surface area contributed by atoms with E-state index >= 15 is 4.79 Å². The SMILES string of the molecule is C=CCOC(=O)[C@H]1O[C@@H](Oc2ccc(COC(=O)O[C@H]3[C@@H](C)CCCC(C)=CC[C@@H](c4ccc5sc(C)nc5c4)OC(=O)C[C@H](O[Si](C)(C)C(C)(C)C)C(C)(C)C(=O)[C@@H]3CC=C)cc2)[C@H](O[Si](C)(C)C(C)(C)C)[C@@H](O[Si](C)(C)C(C)(C)C)[C@H]1O[Si](C)(C)C(C)(C)C. The zero-order valence-electron chi connectivity index (χ0n) is 60.2. The van der Waals surface area contributed by atoms with Gasteiger partial charge >= 0.3 is 18.1 Å². The Kier molecular flexibility index (Phi) is 25.9. The summed E-state index contributed by atoms with van der Waals surface area (Å²) < 4.78 is 68.6. The van der Waals surface area contributed by atoms with Gasteiger partial charge in [0.1, 0.15) is 55.3 Å². The quantitative estimate of drug-likeness (QED) is 0.0480. The van der Waals surface area contributed by atoms with Crippen molar-refractivity contribution in [2.45, 2.75) is 284 Å². The molecule has 0 aliphatic carbocycles. The number of benzene rings is 2. The minimum absolute atomic E-state index is 0.0319. The molecule has 1 saturated heterocycles. The van der Waals surface area contributed by atoms with E-state index in [2.05, 4.69) is 162 Å². The fourth-order valence-electron chi connectivity index (χ4n) is 10.3. The van der Waals surface area contributed by atoms with E-state index in [-0.39, 0.29) is 57.9 Å². The number of hydrogen-bond donors (Lipinski definition) is 0. The van der Waals surface area contributed by atoms with E-state index in [0.717, 1.165) is 39.2 Å². The molecule has 91 heavy (non-hydrogen) atoms. The fourth-order valence-corrected chi connectivity index (χ4v) is 16.4. The van der Waals surface area contributed by atoms with E-state index in [4.69, 9.17) is 51.1 Å². The van der Waals surface area contributed by atoms with Gasteiger partial charge < -0.3 is 46.1 Å². The molecule has 0 unspecified atom stereocenters. The number of cyclic esters (lactones) is 1. The molecule has 3 aromatic rings. The summed E-state index contributed by atoms with van der Waals surface area (Å²) >= 11 is 1.62. The monoisotopic (exact) mass is 1350 g/mol. The largest absolute Gasteiger partial charge is 0.508 e. The molecule has 2 aliphatic rings. The van der Waals surface area contributed by atoms with Gasteiger partial charge in [0, 0.05) is 11.8 Å². The molecule has 0 spiro atoms. The van der Waals surface area contributed by atoms with Crippen LogP contribution in [0.2, 0.25) is 72.5 Å². The van der Waals surface area contributed by atoms with Crippen LogP contribution in [0.1, 0.15) is 172 Å². The highest BCUT2D eigenvalue weighted by atomic mass is 32.1. The van der Waals surface area contributed by atoms with Gasteiger partial charge in [-0.15, -0.1) is 17.9 Å². The predicted molar refractivity (Wildman–Crippen MR) is 377 cm³/mol. The maximum atomic E-state index is 15.6. The van der Waals surface area contributed by atoms with Gasteiger partial charge in [-0.25, -0.2) is 14.6 Å². The number of rotatable bonds is 19. The van der Waals surface area contributed by atoms with Crippen molar-refractivity contribution in [2.75, 3.05) is 6.61 Å². The first-order valence-electron chi connectivity index (χ1n) is 32.8. The summed E-state index contributed by atoms with van der Waals surface area (Å²) in [5, 5.41) is -0.0150. The van der Waals surface area contributed by atoms with E-state index in [0.29, 0.717) is 24.2 Å². The van der Waals surface area contributed by atoms with E-state index in [9.17, 15) is 14.4 Å². The smallest absolute Gasteiger partial charge is 0.462 e. The maximum absolute atomic E-state index is 15.6. The molecule has 1 aromatic heterocycles. The van der Waals surface area contributed by atoms with Gasteiger partial charge in [0.15, 0.2) is 39.4 Å². The van der Waals surface area contributed by atoms with Crippen LogP contribution in [0.15, 0.2) is 79.4 Å². The Morgan fingerprint density at radius 3 is 1.82 bits per heavy atom. The third-order valence-corrected chi connectivity index (χ3v) is 39.2. The number of aryl methyl sites for hydroxylation is 1. The second-order valence-electron chi connectivity index (χ2n) is 32.1. The second-order valence-corrected chi connectivity index (χ2v) is 52.4. The number of nitrogens with zero attached hydrogens (tertiary/aromatic N) is 1. The molecule has 5 rings (SSSR count). The Balaban J connectivity index is 1.48. The fraction of sp³-hybridized carbons (Fsp3) is 0.676. The number of hydrogen-bond acceptors (Lipinski definition) is 16. The van der Waals surface area contributed by atoms with Gasteiger partial charge in [0.25, 0.3) is 0 Å². The second kappa shape index (κ2) is 30.3. The lowest BCUT2D eigenvalue weighted by molar-refractivity contribution is -0.263. The molecule has 15 nitrogen and oxygen atoms in total. The van der Waals surface area contributed by atoms with Crippen LogP contribution in [0, 0.1) is 24.2 Å². The molecule has 3 heterocycles. The number of thiazole rings is 1. The van der Waals surface area contributed by atoms with Crippen molar-refractivity contribution in [2.24, 2.45) is 17.3 Å². The molecule has 510 valence electrons. The highest BCUT2D eigenvalue weighted by Crippen LogP contribution is 2.48. The Labute approximate surface area is 555 Å². The first kappa shape index (κ1) is 77.6. The Morgan fingerprint density at radius 2 is 1.27 bits per heavy atom. The van der Waals surface area contributed by atoms with E-state index < -0.39 is 112 Å². The molecular formula is C71H115NO14SSi4. The number of fused-ring (bicyclic) bond motifs is 1. The van der Waals surface area contributed by atoms with Crippen LogP contribution >= 0.6 is 11.3 Å². The Bertz CT molecular complexity index is 3020. The first-order valence-corrected chi connectivity index (χ1v) is 45.2. The third kappa shape index (κ3) is 20.0. The lowest BCUT2D eigenvalue weighted by Crippen LogP contribution is -2.69. The van der Waals surface area contributed by atoms with Crippen molar-refractivity contribution in [3.63, 3.8) is 0 Å². The summed E-state index contributed by atoms with van der Waals surface area (Å²) in [5.74, 6) is -2.08. The van der Waals surface area contributed by atoms with Gasteiger partial charge in [0.05, 0.1) is 33.7 Å². The third-order valence-electron chi connectivity index (χ3n) is 20.4. The lowest BCUT2D eigenvalue weighted by Gasteiger charge is -2.53. The van der Waals surface area contributed by atoms with Crippen molar-refractivity contribution >= 4 is 78.7 Å². The van der Waals surface area contributed by atoms with Crippen LogP contribution in [0.3, 0.4) is 0 Å². The number of allylic oxidation sites excluding steroid dienone is 2. The predicted octanol–water partition coefficient (Wildman–Crippen LogP) is 18.6. The van der Waals surface area contributed by atoms with E-state index in [1.807, 2.05) is 45.9 Å². The molecule has 0 N–H and O–H groups in total. The van der Waals surface area contributed by atoms with Crippen LogP contribution < -0.4 is 4.74 Å². The summed E-state index contributed by atoms with van der Waals surface area (Å²) in [6.07, 6.45) is -0.427. The molecule has 2 aliphatic heterocycles. The summed E-state index contributed by atoms with van der Waals surface area (Å²) in [7, 11) is -10.6. The average molecular weight is 1350 g/mol. The molecule has 0 saturated carbocycles. The normalized spacial score (nSPS) is 25.0. The summed E-state index contributed by atoms with van der Waals surface area (Å²) in [4.78, 5) is 63.6. The maximum Gasteiger partial charge on any atom is 0.508 e. The van der Waals surface area contributed by atoms with Gasteiger partial charge in [-0.1, -0.05) is 152 Å². The zero-order chi connectivity index (χ0) is 68.8. The number of carbonyl (C=O) groups excluding carboxylic acids is 4. The van der Waals surface area contributed by atoms with Gasteiger partial charge in [0.2, 0.25) is 6.29 Å². The summed E-state index contributed by atoms with van der Waals surface area (Å²) in [6, 6.07) is 13.1. The van der Waals surface area contributed by atoms with Crippen LogP contribution in [0.4, 0.5) is 4.79 Å². The van der Waals surface area contributed by atoms with Crippen LogP contribution in [-0.2, 0) is 62.4 Å². The lowest BCUT2D eigenvalue weighted by atomic mass is 9.71. The zero-order valence-corrected chi connectivity index (χ0v) is 65.0. The molecular weight excluding hydrogens is 1240 g/mol. The summed E-state index contributed by atoms with van der Waals surface area (Å²) in [5.41, 5.74) is 2.18. The Hall–Kier alpha value is -4.10. The standard InChI is InChI=1S/C71H115NO14SSi4/c1-28-31-52-58(47(4)33-30-32-46(3)34-40-54(50-37-41-55-53(43-50)72-48(5)87-55)80-57(73)44-56(71(18,19)63(52)74)83-88(20,21)67(6,7)8)82-66(76)78-45-49-35-38-51(39-36-49)79-65-62(86-91(26,27)70(15,16)17)60(85-90(24,25)69(12,13)14)59(84-89(22,23)68(9,10)11)61(81-65)64(75)77-42-29-2/h28-29,34-39,41,43,47,52,54,56,58-62,65H,1-2,30-33,40,42,44-45H2,3-27H3/t47-,52+,54-,56-,58-,59+,60-,61-,62+,65+/m0/s1. The number of ether oxygens (including phenoxy) is 6. The molecule has 0 bridgehead atoms. The van der Waals surface area contributed by atoms with Crippen molar-refractivity contribution in [1.82, 2.24) is 4.98 Å². The number of Topliss-reactive ketones (excluding diaryl/α,β-unsaturated/α-hetero) is 1. The Morgan fingerprint density at radius 1 is 0.725 bits per heavy atom. The van der Waals surface area contributed by atoms with Crippen LogP contribution in [0.5, 0.6) is 5.75 Å². The van der Waals surface area contributed by atoms with Gasteiger partial charge in [-0.3, -0.25) is 9.59 Å². The number of ketones is 1. The molecule has 1 fully saturated rings. The number of aromatic nitrogens is 1. The molecule has 20 heteroatoms. The van der Waals surface area contributed by atoms with Gasteiger partial charge in [-0.05, 0) is 153 Å². The molecule has 10 atom stereocenters. The minimum Gasteiger partial charge on any atom is -0.462 e. The molecule has 0 amide bonds. The highest BCUT2D eigenvalue weighted by Gasteiger charge is 2.59. The van der Waals surface area contributed by atoms with Crippen molar-refractivity contribution < 1.29 is 65.3 Å². The van der Waals surface area contributed by atoms with Crippen LogP contribution in [-0.4, -0.2) is 112 Å². The molecule has 2 aromatic carbocycles. The average Bonchev–Trinajstić information content (AvgIpc) is 1.28. The number of carbonyl (C=O) groups is 4. The van der Waals surface area contributed by atoms with E-state index in [1.165, 1.54) is 6.08 Å². The summed E-state index contributed by atoms with van der Waals surface area (Å²) in [6.45, 7) is 60.5. The van der Waals surface area contributed by atoms with Crippen molar-refractivity contribution in [3.8, 4) is 5.75 Å². The van der Waals surface area contributed by atoms with Crippen LogP contribution in [0.25, 0.3) is 10.2 Å². The first-order chi connectivity index (χ1) is 41.7. The topological polar surface area (TPSA) is 173 Å². The van der Waals surface area contributed by atoms with Gasteiger partial charge in [-0.2, -0.15) is 0 Å². The number of esters is 2.